The zero-order valence-electron chi connectivity index (χ0n) is 10.5. The Morgan fingerprint density at radius 3 is 3.11 bits per heavy atom. The fourth-order valence-corrected chi connectivity index (χ4v) is 2.61. The molecule has 0 amide bonds. The highest BCUT2D eigenvalue weighted by Gasteiger charge is 2.11. The summed E-state index contributed by atoms with van der Waals surface area (Å²) in [4.78, 5) is 1.27. The van der Waals surface area contributed by atoms with E-state index in [4.69, 9.17) is 4.74 Å². The average molecular weight is 261 g/mol. The number of benzene rings is 1. The molecule has 0 saturated heterocycles. The molecule has 18 heavy (non-hydrogen) atoms. The summed E-state index contributed by atoms with van der Waals surface area (Å²) < 4.78 is 5.55. The lowest BCUT2D eigenvalue weighted by molar-refractivity contribution is 0.135. The molecule has 1 aliphatic heterocycles. The second-order valence-electron chi connectivity index (χ2n) is 4.18. The van der Waals surface area contributed by atoms with Crippen LogP contribution in [0.15, 0.2) is 54.2 Å². The summed E-state index contributed by atoms with van der Waals surface area (Å²) in [6, 6.07) is 8.38. The smallest absolute Gasteiger partial charge is 0.115 e. The molecule has 1 aromatic carbocycles. The van der Waals surface area contributed by atoms with Crippen molar-refractivity contribution in [1.29, 1.82) is 0 Å². The monoisotopic (exact) mass is 261 g/mol. The Balaban J connectivity index is 1.91. The van der Waals surface area contributed by atoms with Gasteiger partial charge >= 0.3 is 0 Å². The topological polar surface area (TPSA) is 21.3 Å². The van der Waals surface area contributed by atoms with Crippen molar-refractivity contribution in [2.75, 3.05) is 17.6 Å². The molecule has 3 heteroatoms. The molecule has 0 fully saturated rings. The summed E-state index contributed by atoms with van der Waals surface area (Å²) in [5, 5.41) is 3.48. The third-order valence-corrected chi connectivity index (χ3v) is 3.86. The predicted octanol–water partition coefficient (Wildman–Crippen LogP) is 4.07. The summed E-state index contributed by atoms with van der Waals surface area (Å²) in [7, 11) is 0. The highest BCUT2D eigenvalue weighted by Crippen LogP contribution is 2.27. The third kappa shape index (κ3) is 3.84. The molecule has 2 rings (SSSR count). The van der Waals surface area contributed by atoms with Gasteiger partial charge in [-0.05, 0) is 31.1 Å². The zero-order chi connectivity index (χ0) is 12.6. The van der Waals surface area contributed by atoms with Gasteiger partial charge in [0.05, 0.1) is 12.8 Å². The summed E-state index contributed by atoms with van der Waals surface area (Å²) in [6.45, 7) is 4.61. The van der Waals surface area contributed by atoms with Crippen LogP contribution >= 0.6 is 11.8 Å². The van der Waals surface area contributed by atoms with Gasteiger partial charge in [-0.25, -0.2) is 0 Å². The van der Waals surface area contributed by atoms with Crippen LogP contribution in [0.2, 0.25) is 0 Å². The van der Waals surface area contributed by atoms with E-state index < -0.39 is 0 Å². The van der Waals surface area contributed by atoms with Crippen LogP contribution in [0.3, 0.4) is 0 Å². The molecule has 1 aromatic rings. The second kappa shape index (κ2) is 7.17. The van der Waals surface area contributed by atoms with Crippen molar-refractivity contribution in [1.82, 2.24) is 0 Å². The number of para-hydroxylation sites is 1. The Labute approximate surface area is 113 Å². The number of thioether (sulfide) groups is 1. The molecule has 0 radical (unpaired) electrons. The van der Waals surface area contributed by atoms with Crippen LogP contribution in [0.5, 0.6) is 0 Å². The van der Waals surface area contributed by atoms with Crippen molar-refractivity contribution >= 4 is 17.4 Å². The van der Waals surface area contributed by atoms with Gasteiger partial charge in [0, 0.05) is 16.3 Å². The van der Waals surface area contributed by atoms with Gasteiger partial charge in [0.25, 0.3) is 0 Å². The Morgan fingerprint density at radius 1 is 1.44 bits per heavy atom. The number of hydrogen-bond donors (Lipinski definition) is 1. The van der Waals surface area contributed by atoms with Gasteiger partial charge in [0.15, 0.2) is 0 Å². The van der Waals surface area contributed by atoms with Crippen LogP contribution in [0.1, 0.15) is 12.8 Å². The first-order chi connectivity index (χ1) is 8.90. The first-order valence-corrected chi connectivity index (χ1v) is 7.26. The van der Waals surface area contributed by atoms with E-state index in [2.05, 4.69) is 42.2 Å². The van der Waals surface area contributed by atoms with E-state index >= 15 is 0 Å². The van der Waals surface area contributed by atoms with E-state index in [1.807, 2.05) is 12.3 Å². The fraction of sp³-hybridized carbons (Fsp3) is 0.333. The van der Waals surface area contributed by atoms with Crippen molar-refractivity contribution < 1.29 is 4.74 Å². The average Bonchev–Trinajstić information content (AvgIpc) is 2.45. The minimum absolute atomic E-state index is 0.285. The maximum Gasteiger partial charge on any atom is 0.115 e. The number of hydrogen-bond acceptors (Lipinski definition) is 3. The van der Waals surface area contributed by atoms with Gasteiger partial charge in [0.2, 0.25) is 0 Å². The lowest BCUT2D eigenvalue weighted by Crippen LogP contribution is -2.23. The molecule has 96 valence electrons. The zero-order valence-corrected chi connectivity index (χ0v) is 11.3. The summed E-state index contributed by atoms with van der Waals surface area (Å²) in [5.74, 6) is 0.932. The molecular formula is C15H19NOS. The quantitative estimate of drug-likeness (QED) is 0.616. The minimum atomic E-state index is 0.285. The number of nitrogens with one attached hydrogen (secondary N) is 1. The van der Waals surface area contributed by atoms with E-state index in [1.54, 1.807) is 11.8 Å². The Bertz CT molecular complexity index is 417. The molecule has 0 spiro atoms. The molecule has 1 atom stereocenters. The Kier molecular flexibility index (Phi) is 5.21. The maximum absolute atomic E-state index is 5.55. The first kappa shape index (κ1) is 13.1. The van der Waals surface area contributed by atoms with Crippen LogP contribution < -0.4 is 5.32 Å². The first-order valence-electron chi connectivity index (χ1n) is 6.27. The van der Waals surface area contributed by atoms with E-state index in [0.29, 0.717) is 0 Å². The molecule has 1 heterocycles. The normalized spacial score (nSPS) is 18.1. The number of allylic oxidation sites excluding steroid dienone is 1. The molecule has 0 bridgehead atoms. The predicted molar refractivity (Wildman–Crippen MR) is 79.1 cm³/mol. The van der Waals surface area contributed by atoms with Crippen molar-refractivity contribution in [3.63, 3.8) is 0 Å². The maximum atomic E-state index is 5.55. The minimum Gasteiger partial charge on any atom is -0.497 e. The summed E-state index contributed by atoms with van der Waals surface area (Å²) in [6.07, 6.45) is 8.30. The summed E-state index contributed by atoms with van der Waals surface area (Å²) >= 11 is 1.80. The number of rotatable bonds is 6. The lowest BCUT2D eigenvalue weighted by Gasteiger charge is -2.21. The number of anilines is 1. The van der Waals surface area contributed by atoms with Crippen molar-refractivity contribution in [2.24, 2.45) is 0 Å². The van der Waals surface area contributed by atoms with Gasteiger partial charge in [-0.2, -0.15) is 0 Å². The third-order valence-electron chi connectivity index (χ3n) is 2.79. The molecule has 1 unspecified atom stereocenters. The molecule has 2 nitrogen and oxygen atoms in total. The lowest BCUT2D eigenvalue weighted by atomic mass is 10.1. The summed E-state index contributed by atoms with van der Waals surface area (Å²) in [5.41, 5.74) is 1.18. The van der Waals surface area contributed by atoms with Crippen LogP contribution in [0.4, 0.5) is 5.69 Å². The molecule has 1 N–H and O–H groups in total. The largest absolute Gasteiger partial charge is 0.497 e. The van der Waals surface area contributed by atoms with Gasteiger partial charge in [-0.15, -0.1) is 18.3 Å². The van der Waals surface area contributed by atoms with Crippen LogP contribution in [0, 0.1) is 0 Å². The van der Waals surface area contributed by atoms with Crippen LogP contribution in [-0.2, 0) is 4.74 Å². The molecule has 0 aromatic heterocycles. The van der Waals surface area contributed by atoms with Gasteiger partial charge < -0.3 is 10.1 Å². The molecular weight excluding hydrogens is 242 g/mol. The molecule has 0 saturated carbocycles. The highest BCUT2D eigenvalue weighted by molar-refractivity contribution is 7.99. The SMILES string of the molecule is C=CCSc1ccccc1NCC1CCC=CO1. The highest BCUT2D eigenvalue weighted by atomic mass is 32.2. The van der Waals surface area contributed by atoms with Crippen molar-refractivity contribution in [2.45, 2.75) is 23.8 Å². The van der Waals surface area contributed by atoms with E-state index in [9.17, 15) is 0 Å². The van der Waals surface area contributed by atoms with Crippen LogP contribution in [-0.4, -0.2) is 18.4 Å². The molecule has 1 aliphatic rings. The molecule has 0 aliphatic carbocycles. The van der Waals surface area contributed by atoms with Crippen molar-refractivity contribution in [3.8, 4) is 0 Å². The van der Waals surface area contributed by atoms with E-state index in [0.717, 1.165) is 25.1 Å². The Morgan fingerprint density at radius 2 is 2.33 bits per heavy atom. The van der Waals surface area contributed by atoms with Gasteiger partial charge in [-0.1, -0.05) is 18.2 Å². The van der Waals surface area contributed by atoms with E-state index in [-0.39, 0.29) is 6.10 Å². The number of ether oxygens (including phenoxy) is 1. The van der Waals surface area contributed by atoms with Gasteiger partial charge in [-0.3, -0.25) is 0 Å². The fourth-order valence-electron chi connectivity index (χ4n) is 1.85. The van der Waals surface area contributed by atoms with Gasteiger partial charge in [0.1, 0.15) is 6.10 Å². The van der Waals surface area contributed by atoms with Crippen LogP contribution in [0.25, 0.3) is 0 Å². The Hall–Kier alpha value is -1.35. The standard InChI is InChI=1S/C15H19NOS/c1-2-11-18-15-9-4-3-8-14(15)16-12-13-7-5-6-10-17-13/h2-4,6,8-10,13,16H,1,5,7,11-12H2. The second-order valence-corrected chi connectivity index (χ2v) is 5.25. The van der Waals surface area contributed by atoms with E-state index in [1.165, 1.54) is 10.6 Å². The van der Waals surface area contributed by atoms with Crippen molar-refractivity contribution in [3.05, 3.63) is 49.3 Å².